The quantitative estimate of drug-likeness (QED) is 0.673. The summed E-state index contributed by atoms with van der Waals surface area (Å²) < 4.78 is 0. The van der Waals surface area contributed by atoms with Gasteiger partial charge in [0.05, 0.1) is 11.0 Å². The van der Waals surface area contributed by atoms with Crippen molar-refractivity contribution in [2.24, 2.45) is 5.73 Å². The lowest BCUT2D eigenvalue weighted by atomic mass is 10.2. The lowest BCUT2D eigenvalue weighted by Crippen LogP contribution is -2.26. The molecule has 0 saturated heterocycles. The molecule has 0 aliphatic heterocycles. The summed E-state index contributed by atoms with van der Waals surface area (Å²) in [5.74, 6) is 1.04. The van der Waals surface area contributed by atoms with Crippen LogP contribution in [0.5, 0.6) is 0 Å². The third kappa shape index (κ3) is 6.64. The van der Waals surface area contributed by atoms with E-state index in [4.69, 9.17) is 5.73 Å². The normalized spacial score (nSPS) is 11.4. The van der Waals surface area contributed by atoms with Gasteiger partial charge in [0.15, 0.2) is 0 Å². The van der Waals surface area contributed by atoms with Gasteiger partial charge in [-0.15, -0.1) is 24.8 Å². The Bertz CT molecular complexity index is 538. The second kappa shape index (κ2) is 10.4. The number of carbonyl (C=O) groups excluding carboxylic acids is 1. The van der Waals surface area contributed by atoms with Gasteiger partial charge in [-0.1, -0.05) is 12.1 Å². The maximum atomic E-state index is 11.5. The van der Waals surface area contributed by atoms with Crippen LogP contribution in [0.2, 0.25) is 0 Å². The standard InChI is InChI=1S/C15H22N4O.2ClH/c1-11(16)8-9-15(20)17-10-4-7-14-18-12-5-2-3-6-13(12)19-14;;/h2-3,5-6,11H,4,7-10,16H2,1H3,(H,17,20)(H,18,19);2*1H. The zero-order valence-corrected chi connectivity index (χ0v) is 14.3. The zero-order chi connectivity index (χ0) is 14.4. The molecular formula is C15H24Cl2N4O. The van der Waals surface area contributed by atoms with Crippen LogP contribution in [0, 0.1) is 0 Å². The highest BCUT2D eigenvalue weighted by molar-refractivity contribution is 5.85. The third-order valence-corrected chi connectivity index (χ3v) is 3.18. The molecule has 0 spiro atoms. The van der Waals surface area contributed by atoms with E-state index in [0.717, 1.165) is 36.1 Å². The number of para-hydroxylation sites is 2. The summed E-state index contributed by atoms with van der Waals surface area (Å²) in [6, 6.07) is 8.05. The number of aryl methyl sites for hydroxylation is 1. The number of amides is 1. The summed E-state index contributed by atoms with van der Waals surface area (Å²) >= 11 is 0. The highest BCUT2D eigenvalue weighted by atomic mass is 35.5. The van der Waals surface area contributed by atoms with E-state index in [1.165, 1.54) is 0 Å². The number of nitrogens with zero attached hydrogens (tertiary/aromatic N) is 1. The van der Waals surface area contributed by atoms with Crippen molar-refractivity contribution in [2.75, 3.05) is 6.54 Å². The van der Waals surface area contributed by atoms with Gasteiger partial charge in [-0.3, -0.25) is 4.79 Å². The topological polar surface area (TPSA) is 83.8 Å². The highest BCUT2D eigenvalue weighted by Crippen LogP contribution is 2.11. The summed E-state index contributed by atoms with van der Waals surface area (Å²) in [5.41, 5.74) is 7.66. The molecule has 1 aromatic heterocycles. The summed E-state index contributed by atoms with van der Waals surface area (Å²) in [5, 5.41) is 2.91. The number of carbonyl (C=O) groups is 1. The number of H-pyrrole nitrogens is 1. The number of hydrogen-bond donors (Lipinski definition) is 3. The minimum absolute atomic E-state index is 0. The molecule has 4 N–H and O–H groups in total. The Morgan fingerprint density at radius 2 is 2.09 bits per heavy atom. The van der Waals surface area contributed by atoms with Crippen LogP contribution in [0.1, 0.15) is 32.0 Å². The van der Waals surface area contributed by atoms with Gasteiger partial charge in [0.2, 0.25) is 5.91 Å². The van der Waals surface area contributed by atoms with Gasteiger partial charge < -0.3 is 16.0 Å². The number of fused-ring (bicyclic) bond motifs is 1. The first-order chi connectivity index (χ1) is 9.65. The Morgan fingerprint density at radius 1 is 1.36 bits per heavy atom. The predicted octanol–water partition coefficient (Wildman–Crippen LogP) is 2.58. The molecule has 1 amide bonds. The molecule has 2 aromatic rings. The number of aromatic amines is 1. The first-order valence-electron chi connectivity index (χ1n) is 7.11. The summed E-state index contributed by atoms with van der Waals surface area (Å²) in [6.45, 7) is 2.59. The molecule has 1 heterocycles. The summed E-state index contributed by atoms with van der Waals surface area (Å²) in [6.07, 6.45) is 2.95. The van der Waals surface area contributed by atoms with E-state index in [2.05, 4.69) is 15.3 Å². The van der Waals surface area contributed by atoms with Gasteiger partial charge in [0.25, 0.3) is 0 Å². The van der Waals surface area contributed by atoms with Crippen LogP contribution in [-0.4, -0.2) is 28.5 Å². The SMILES string of the molecule is CC(N)CCC(=O)NCCCc1nc2ccccc2[nH]1.Cl.Cl. The van der Waals surface area contributed by atoms with Gasteiger partial charge in [0.1, 0.15) is 5.82 Å². The van der Waals surface area contributed by atoms with Crippen LogP contribution in [0.25, 0.3) is 11.0 Å². The first kappa shape index (κ1) is 20.7. The fourth-order valence-corrected chi connectivity index (χ4v) is 2.05. The lowest BCUT2D eigenvalue weighted by molar-refractivity contribution is -0.121. The largest absolute Gasteiger partial charge is 0.356 e. The molecular weight excluding hydrogens is 323 g/mol. The number of benzene rings is 1. The molecule has 22 heavy (non-hydrogen) atoms. The van der Waals surface area contributed by atoms with Crippen molar-refractivity contribution in [1.29, 1.82) is 0 Å². The van der Waals surface area contributed by atoms with E-state index in [1.807, 2.05) is 31.2 Å². The lowest BCUT2D eigenvalue weighted by Gasteiger charge is -2.06. The number of rotatable bonds is 7. The van der Waals surface area contributed by atoms with Crippen LogP contribution in [0.15, 0.2) is 24.3 Å². The average molecular weight is 347 g/mol. The van der Waals surface area contributed by atoms with Gasteiger partial charge in [-0.25, -0.2) is 4.98 Å². The Kier molecular flexibility index (Phi) is 9.81. The summed E-state index contributed by atoms with van der Waals surface area (Å²) in [7, 11) is 0. The Morgan fingerprint density at radius 3 is 2.77 bits per heavy atom. The van der Waals surface area contributed by atoms with E-state index in [-0.39, 0.29) is 36.8 Å². The molecule has 1 atom stereocenters. The highest BCUT2D eigenvalue weighted by Gasteiger charge is 2.04. The van der Waals surface area contributed by atoms with Gasteiger partial charge in [-0.2, -0.15) is 0 Å². The van der Waals surface area contributed by atoms with Crippen molar-refractivity contribution in [3.05, 3.63) is 30.1 Å². The predicted molar refractivity (Wildman–Crippen MR) is 94.8 cm³/mol. The second-order valence-electron chi connectivity index (χ2n) is 5.17. The third-order valence-electron chi connectivity index (χ3n) is 3.18. The van der Waals surface area contributed by atoms with E-state index in [0.29, 0.717) is 13.0 Å². The van der Waals surface area contributed by atoms with Crippen molar-refractivity contribution >= 4 is 41.8 Å². The molecule has 1 aromatic carbocycles. The fourth-order valence-electron chi connectivity index (χ4n) is 2.05. The number of hydrogen-bond acceptors (Lipinski definition) is 3. The molecule has 0 radical (unpaired) electrons. The number of imidazole rings is 1. The number of halogens is 2. The van der Waals surface area contributed by atoms with Gasteiger partial charge >= 0.3 is 0 Å². The molecule has 0 saturated carbocycles. The molecule has 1 unspecified atom stereocenters. The molecule has 0 fully saturated rings. The fraction of sp³-hybridized carbons (Fsp3) is 0.467. The zero-order valence-electron chi connectivity index (χ0n) is 12.7. The molecule has 7 heteroatoms. The van der Waals surface area contributed by atoms with Crippen LogP contribution < -0.4 is 11.1 Å². The van der Waals surface area contributed by atoms with Crippen LogP contribution >= 0.6 is 24.8 Å². The minimum atomic E-state index is 0. The first-order valence-corrected chi connectivity index (χ1v) is 7.11. The van der Waals surface area contributed by atoms with Crippen molar-refractivity contribution in [3.63, 3.8) is 0 Å². The van der Waals surface area contributed by atoms with Crippen molar-refractivity contribution < 1.29 is 4.79 Å². The van der Waals surface area contributed by atoms with Crippen molar-refractivity contribution in [1.82, 2.24) is 15.3 Å². The molecule has 5 nitrogen and oxygen atoms in total. The minimum Gasteiger partial charge on any atom is -0.356 e. The number of nitrogens with one attached hydrogen (secondary N) is 2. The van der Waals surface area contributed by atoms with E-state index in [9.17, 15) is 4.79 Å². The number of aromatic nitrogens is 2. The Labute approximate surface area is 143 Å². The Hall–Kier alpha value is -1.30. The molecule has 124 valence electrons. The van der Waals surface area contributed by atoms with E-state index >= 15 is 0 Å². The summed E-state index contributed by atoms with van der Waals surface area (Å²) in [4.78, 5) is 19.3. The Balaban J connectivity index is 0.00000220. The van der Waals surface area contributed by atoms with Crippen LogP contribution in [0.4, 0.5) is 0 Å². The van der Waals surface area contributed by atoms with Crippen molar-refractivity contribution in [2.45, 2.75) is 38.6 Å². The van der Waals surface area contributed by atoms with E-state index in [1.54, 1.807) is 0 Å². The maximum absolute atomic E-state index is 11.5. The maximum Gasteiger partial charge on any atom is 0.220 e. The second-order valence-corrected chi connectivity index (χ2v) is 5.17. The smallest absolute Gasteiger partial charge is 0.220 e. The van der Waals surface area contributed by atoms with Crippen molar-refractivity contribution in [3.8, 4) is 0 Å². The van der Waals surface area contributed by atoms with E-state index < -0.39 is 0 Å². The molecule has 2 rings (SSSR count). The monoisotopic (exact) mass is 346 g/mol. The molecule has 0 bridgehead atoms. The van der Waals surface area contributed by atoms with Gasteiger partial charge in [0, 0.05) is 25.4 Å². The number of nitrogens with two attached hydrogens (primary N) is 1. The average Bonchev–Trinajstić information content (AvgIpc) is 2.84. The molecule has 0 aliphatic rings. The van der Waals surface area contributed by atoms with Gasteiger partial charge in [-0.05, 0) is 31.9 Å². The van der Waals surface area contributed by atoms with Crippen LogP contribution in [0.3, 0.4) is 0 Å². The molecule has 0 aliphatic carbocycles. The van der Waals surface area contributed by atoms with Crippen LogP contribution in [-0.2, 0) is 11.2 Å².